The van der Waals surface area contributed by atoms with Crippen molar-refractivity contribution >= 4 is 31.7 Å². The summed E-state index contributed by atoms with van der Waals surface area (Å²) >= 11 is 3.05. The molecule has 1 aromatic carbocycles. The minimum atomic E-state index is -3.67. The summed E-state index contributed by atoms with van der Waals surface area (Å²) in [6, 6.07) is 5.27. The van der Waals surface area contributed by atoms with Crippen molar-refractivity contribution in [3.05, 3.63) is 46.3 Å². The van der Waals surface area contributed by atoms with Gasteiger partial charge in [-0.2, -0.15) is 0 Å². The molecule has 0 bridgehead atoms. The van der Waals surface area contributed by atoms with Crippen LogP contribution in [-0.2, 0) is 15.6 Å². The van der Waals surface area contributed by atoms with Crippen molar-refractivity contribution in [3.8, 4) is 0 Å². The van der Waals surface area contributed by atoms with Crippen LogP contribution in [0.25, 0.3) is 0 Å². The Morgan fingerprint density at radius 3 is 2.68 bits per heavy atom. The van der Waals surface area contributed by atoms with Crippen molar-refractivity contribution in [1.82, 2.24) is 5.16 Å². The van der Waals surface area contributed by atoms with Gasteiger partial charge in [0.25, 0.3) is 0 Å². The fourth-order valence-corrected chi connectivity index (χ4v) is 3.13. The van der Waals surface area contributed by atoms with E-state index < -0.39 is 15.8 Å². The van der Waals surface area contributed by atoms with Gasteiger partial charge in [0.05, 0.1) is 16.7 Å². The van der Waals surface area contributed by atoms with Crippen LogP contribution in [0.1, 0.15) is 16.1 Å². The molecule has 0 fully saturated rings. The van der Waals surface area contributed by atoms with E-state index in [9.17, 15) is 13.2 Å². The second kappa shape index (κ2) is 5.14. The van der Waals surface area contributed by atoms with Gasteiger partial charge in [-0.1, -0.05) is 5.16 Å². The lowest BCUT2D eigenvalue weighted by molar-refractivity contribution is 0.0695. The lowest BCUT2D eigenvalue weighted by Crippen LogP contribution is -2.07. The lowest BCUT2D eigenvalue weighted by atomic mass is 10.2. The normalized spacial score (nSPS) is 11.4. The topological polar surface area (TPSA) is 97.5 Å². The number of carboxylic acids is 1. The van der Waals surface area contributed by atoms with Crippen LogP contribution in [0.15, 0.2) is 44.4 Å². The molecule has 8 heteroatoms. The lowest BCUT2D eigenvalue weighted by Gasteiger charge is -2.05. The molecule has 0 saturated heterocycles. The van der Waals surface area contributed by atoms with Crippen LogP contribution in [0, 0.1) is 0 Å². The van der Waals surface area contributed by atoms with Crippen LogP contribution in [0.3, 0.4) is 0 Å². The molecule has 0 aliphatic heterocycles. The Kier molecular flexibility index (Phi) is 3.72. The Balaban J connectivity index is 2.41. The predicted molar refractivity (Wildman–Crippen MR) is 68.5 cm³/mol. The molecule has 0 amide bonds. The summed E-state index contributed by atoms with van der Waals surface area (Å²) < 4.78 is 29.2. The van der Waals surface area contributed by atoms with Gasteiger partial charge in [0, 0.05) is 10.5 Å². The van der Waals surface area contributed by atoms with E-state index in [1.807, 2.05) is 0 Å². The van der Waals surface area contributed by atoms with E-state index in [2.05, 4.69) is 21.1 Å². The van der Waals surface area contributed by atoms with Crippen LogP contribution < -0.4 is 0 Å². The van der Waals surface area contributed by atoms with Crippen molar-refractivity contribution in [2.75, 3.05) is 0 Å². The highest BCUT2D eigenvalue weighted by Crippen LogP contribution is 2.23. The number of aromatic nitrogens is 1. The number of carboxylic acid groups (broad SMARTS) is 1. The molecular weight excluding hydrogens is 338 g/mol. The third kappa shape index (κ3) is 3.02. The highest BCUT2D eigenvalue weighted by molar-refractivity contribution is 9.10. The maximum Gasteiger partial charge on any atom is 0.336 e. The van der Waals surface area contributed by atoms with E-state index in [0.29, 0.717) is 4.47 Å². The molecule has 0 radical (unpaired) electrons. The Morgan fingerprint density at radius 2 is 2.11 bits per heavy atom. The average Bonchev–Trinajstić information content (AvgIpc) is 2.80. The average molecular weight is 346 g/mol. The third-order valence-corrected chi connectivity index (χ3v) is 4.68. The molecule has 19 heavy (non-hydrogen) atoms. The van der Waals surface area contributed by atoms with Crippen molar-refractivity contribution in [1.29, 1.82) is 0 Å². The van der Waals surface area contributed by atoms with Gasteiger partial charge in [0.1, 0.15) is 5.75 Å². The number of carbonyl (C=O) groups is 1. The molecule has 6 nitrogen and oxygen atoms in total. The zero-order chi connectivity index (χ0) is 14.0. The fraction of sp³-hybridized carbons (Fsp3) is 0.0909. The first-order chi connectivity index (χ1) is 8.90. The van der Waals surface area contributed by atoms with Crippen LogP contribution in [0.5, 0.6) is 0 Å². The second-order valence-electron chi connectivity index (χ2n) is 3.68. The number of halogens is 1. The quantitative estimate of drug-likeness (QED) is 0.911. The molecule has 100 valence electrons. The highest BCUT2D eigenvalue weighted by atomic mass is 79.9. The number of benzene rings is 1. The van der Waals surface area contributed by atoms with Crippen LogP contribution >= 0.6 is 15.9 Å². The number of sulfone groups is 1. The smallest absolute Gasteiger partial charge is 0.336 e. The van der Waals surface area contributed by atoms with E-state index in [4.69, 9.17) is 9.63 Å². The summed E-state index contributed by atoms with van der Waals surface area (Å²) in [4.78, 5) is 10.9. The molecule has 0 atom stereocenters. The Morgan fingerprint density at radius 1 is 1.37 bits per heavy atom. The van der Waals surface area contributed by atoms with Gasteiger partial charge < -0.3 is 9.63 Å². The summed E-state index contributed by atoms with van der Waals surface area (Å²) in [6.07, 6.45) is 1.34. The minimum absolute atomic E-state index is 0.0792. The van der Waals surface area contributed by atoms with Gasteiger partial charge in [-0.3, -0.25) is 0 Å². The molecule has 0 spiro atoms. The first-order valence-electron chi connectivity index (χ1n) is 5.05. The van der Waals surface area contributed by atoms with Crippen LogP contribution in [-0.4, -0.2) is 24.7 Å². The van der Waals surface area contributed by atoms with Gasteiger partial charge in [-0.25, -0.2) is 13.2 Å². The first kappa shape index (κ1) is 13.8. The van der Waals surface area contributed by atoms with Crippen molar-refractivity contribution in [3.63, 3.8) is 0 Å². The molecular formula is C11H8BrNO5S. The van der Waals surface area contributed by atoms with Gasteiger partial charge in [0.2, 0.25) is 0 Å². The van der Waals surface area contributed by atoms with Gasteiger partial charge in [0.15, 0.2) is 15.6 Å². The molecule has 2 aromatic rings. The maximum absolute atomic E-state index is 12.1. The number of hydrogen-bond donors (Lipinski definition) is 1. The van der Waals surface area contributed by atoms with E-state index in [0.717, 1.165) is 6.07 Å². The minimum Gasteiger partial charge on any atom is -0.478 e. The molecule has 0 unspecified atom stereocenters. The fourth-order valence-electron chi connectivity index (χ4n) is 1.45. The zero-order valence-corrected chi connectivity index (χ0v) is 11.8. The Bertz CT molecular complexity index is 709. The summed E-state index contributed by atoms with van der Waals surface area (Å²) in [5.74, 6) is -1.38. The maximum atomic E-state index is 12.1. The molecule has 0 aliphatic rings. The van der Waals surface area contributed by atoms with Crippen molar-refractivity contribution in [2.24, 2.45) is 0 Å². The number of aromatic carboxylic acids is 1. The zero-order valence-electron chi connectivity index (χ0n) is 9.41. The van der Waals surface area contributed by atoms with Gasteiger partial charge in [-0.05, 0) is 34.1 Å². The number of nitrogens with zero attached hydrogens (tertiary/aromatic N) is 1. The third-order valence-electron chi connectivity index (χ3n) is 2.35. The summed E-state index contributed by atoms with van der Waals surface area (Å²) in [7, 11) is -3.67. The van der Waals surface area contributed by atoms with E-state index in [1.165, 1.54) is 24.4 Å². The predicted octanol–water partition coefficient (Wildman–Crippen LogP) is 2.11. The molecule has 0 saturated carbocycles. The summed E-state index contributed by atoms with van der Waals surface area (Å²) in [5, 5.41) is 12.4. The molecule has 1 heterocycles. The standard InChI is InChI=1S/C11H8BrNO5S/c12-10-2-1-8(5-9(10)11(14)15)19(16,17)6-7-3-4-13-18-7/h1-5H,6H2,(H,14,15). The largest absolute Gasteiger partial charge is 0.478 e. The van der Waals surface area contributed by atoms with Gasteiger partial charge in [-0.15, -0.1) is 0 Å². The molecule has 2 rings (SSSR count). The Hall–Kier alpha value is -1.67. The molecule has 1 aromatic heterocycles. The molecule has 0 aliphatic carbocycles. The summed E-state index contributed by atoms with van der Waals surface area (Å²) in [5.41, 5.74) is -0.112. The number of hydrogen-bond acceptors (Lipinski definition) is 5. The highest BCUT2D eigenvalue weighted by Gasteiger charge is 2.20. The van der Waals surface area contributed by atoms with E-state index >= 15 is 0 Å². The SMILES string of the molecule is O=C(O)c1cc(S(=O)(=O)Cc2ccno2)ccc1Br. The van der Waals surface area contributed by atoms with E-state index in [-0.39, 0.29) is 22.0 Å². The van der Waals surface area contributed by atoms with Crippen LogP contribution in [0.4, 0.5) is 0 Å². The Labute approximate surface area is 117 Å². The van der Waals surface area contributed by atoms with Crippen molar-refractivity contribution < 1.29 is 22.8 Å². The van der Waals surface area contributed by atoms with Crippen LogP contribution in [0.2, 0.25) is 0 Å². The van der Waals surface area contributed by atoms with Gasteiger partial charge >= 0.3 is 5.97 Å². The monoisotopic (exact) mass is 345 g/mol. The van der Waals surface area contributed by atoms with Crippen molar-refractivity contribution in [2.45, 2.75) is 10.6 Å². The van der Waals surface area contributed by atoms with E-state index in [1.54, 1.807) is 0 Å². The molecule has 1 N–H and O–H groups in total. The summed E-state index contributed by atoms with van der Waals surface area (Å²) in [6.45, 7) is 0. The number of rotatable bonds is 4. The second-order valence-corrected chi connectivity index (χ2v) is 6.53. The first-order valence-corrected chi connectivity index (χ1v) is 7.50.